The maximum absolute atomic E-state index is 12.1. The normalized spacial score (nSPS) is 18.9. The summed E-state index contributed by atoms with van der Waals surface area (Å²) in [6.45, 7) is 7.94. The van der Waals surface area contributed by atoms with Crippen molar-refractivity contribution in [1.82, 2.24) is 9.88 Å². The van der Waals surface area contributed by atoms with Crippen LogP contribution in [0.4, 0.5) is 4.79 Å². The molecule has 0 saturated carbocycles. The number of aromatic nitrogens is 1. The minimum atomic E-state index is -0.506. The highest BCUT2D eigenvalue weighted by molar-refractivity contribution is 5.69. The van der Waals surface area contributed by atoms with E-state index >= 15 is 0 Å². The smallest absolute Gasteiger partial charge is 0.410 e. The van der Waals surface area contributed by atoms with E-state index < -0.39 is 5.60 Å². The first-order chi connectivity index (χ1) is 8.76. The minimum Gasteiger partial charge on any atom is -0.506 e. The molecule has 104 valence electrons. The molecule has 0 aliphatic carbocycles. The lowest BCUT2D eigenvalue weighted by molar-refractivity contribution is 0.0136. The molecule has 1 aromatic heterocycles. The number of nitrogens with zero attached hydrogens (tertiary/aromatic N) is 2. The SMILES string of the molecule is C[C@@H]1Cc2ncc(O)cc2CN1C(=O)OC(C)(C)C. The van der Waals surface area contributed by atoms with Gasteiger partial charge in [0.15, 0.2) is 0 Å². The van der Waals surface area contributed by atoms with Crippen molar-refractivity contribution in [2.45, 2.75) is 52.3 Å². The Morgan fingerprint density at radius 3 is 2.84 bits per heavy atom. The van der Waals surface area contributed by atoms with Gasteiger partial charge < -0.3 is 14.7 Å². The van der Waals surface area contributed by atoms with E-state index in [1.807, 2.05) is 27.7 Å². The average Bonchev–Trinajstić information content (AvgIpc) is 2.26. The number of carbonyl (C=O) groups is 1. The van der Waals surface area contributed by atoms with Gasteiger partial charge in [-0.1, -0.05) is 0 Å². The molecule has 1 amide bonds. The van der Waals surface area contributed by atoms with Crippen molar-refractivity contribution in [2.75, 3.05) is 0 Å². The fraction of sp³-hybridized carbons (Fsp3) is 0.571. The Bertz CT molecular complexity index is 494. The van der Waals surface area contributed by atoms with E-state index in [0.717, 1.165) is 11.3 Å². The van der Waals surface area contributed by atoms with Gasteiger partial charge in [-0.25, -0.2) is 4.79 Å². The first-order valence-electron chi connectivity index (χ1n) is 6.42. The predicted molar refractivity (Wildman–Crippen MR) is 70.8 cm³/mol. The second-order valence-electron chi connectivity index (χ2n) is 5.96. The van der Waals surface area contributed by atoms with Gasteiger partial charge in [-0.05, 0) is 39.3 Å². The molecule has 1 aromatic rings. The van der Waals surface area contributed by atoms with E-state index in [-0.39, 0.29) is 17.9 Å². The van der Waals surface area contributed by atoms with Crippen LogP contribution >= 0.6 is 0 Å². The highest BCUT2D eigenvalue weighted by Gasteiger charge is 2.31. The summed E-state index contributed by atoms with van der Waals surface area (Å²) in [5.41, 5.74) is 1.31. The molecule has 0 bridgehead atoms. The lowest BCUT2D eigenvalue weighted by Crippen LogP contribution is -2.45. The van der Waals surface area contributed by atoms with Crippen molar-refractivity contribution in [1.29, 1.82) is 0 Å². The van der Waals surface area contributed by atoms with Crippen molar-refractivity contribution < 1.29 is 14.6 Å². The number of rotatable bonds is 0. The summed E-state index contributed by atoms with van der Waals surface area (Å²) >= 11 is 0. The Morgan fingerprint density at radius 1 is 1.53 bits per heavy atom. The third kappa shape index (κ3) is 3.16. The zero-order chi connectivity index (χ0) is 14.2. The highest BCUT2D eigenvalue weighted by atomic mass is 16.6. The van der Waals surface area contributed by atoms with E-state index in [9.17, 15) is 9.90 Å². The van der Waals surface area contributed by atoms with Crippen LogP contribution in [0.5, 0.6) is 5.75 Å². The van der Waals surface area contributed by atoms with Gasteiger partial charge in [0.05, 0.1) is 12.7 Å². The van der Waals surface area contributed by atoms with Crippen molar-refractivity contribution >= 4 is 6.09 Å². The number of amides is 1. The van der Waals surface area contributed by atoms with Crippen LogP contribution in [0.1, 0.15) is 39.0 Å². The lowest BCUT2D eigenvalue weighted by Gasteiger charge is -2.35. The fourth-order valence-electron chi connectivity index (χ4n) is 2.14. The molecule has 5 nitrogen and oxygen atoms in total. The molecule has 0 fully saturated rings. The number of pyridine rings is 1. The molecule has 1 aliphatic heterocycles. The second-order valence-corrected chi connectivity index (χ2v) is 5.96. The minimum absolute atomic E-state index is 0.0411. The van der Waals surface area contributed by atoms with Crippen molar-refractivity contribution in [2.24, 2.45) is 0 Å². The fourth-order valence-corrected chi connectivity index (χ4v) is 2.14. The van der Waals surface area contributed by atoms with Gasteiger partial charge in [-0.2, -0.15) is 0 Å². The third-order valence-corrected chi connectivity index (χ3v) is 3.03. The molecule has 1 aliphatic rings. The Hall–Kier alpha value is -1.78. The lowest BCUT2D eigenvalue weighted by atomic mass is 10.00. The van der Waals surface area contributed by atoms with Gasteiger partial charge in [-0.3, -0.25) is 4.98 Å². The maximum atomic E-state index is 12.1. The standard InChI is InChI=1S/C14H20N2O3/c1-9-5-12-10(6-11(17)7-15-12)8-16(9)13(18)19-14(2,3)4/h6-7,9,17H,5,8H2,1-4H3/t9-/m1/s1. The number of hydrogen-bond acceptors (Lipinski definition) is 4. The molecule has 1 N–H and O–H groups in total. The van der Waals surface area contributed by atoms with Crippen LogP contribution in [0.25, 0.3) is 0 Å². The van der Waals surface area contributed by atoms with Gasteiger partial charge in [-0.15, -0.1) is 0 Å². The Kier molecular flexibility index (Phi) is 3.39. The predicted octanol–water partition coefficient (Wildman–Crippen LogP) is 2.47. The largest absolute Gasteiger partial charge is 0.506 e. The number of hydrogen-bond donors (Lipinski definition) is 1. The van der Waals surface area contributed by atoms with Crippen LogP contribution in [-0.2, 0) is 17.7 Å². The second kappa shape index (κ2) is 4.72. The summed E-state index contributed by atoms with van der Waals surface area (Å²) in [5.74, 6) is 0.123. The number of ether oxygens (including phenoxy) is 1. The molecule has 0 aromatic carbocycles. The third-order valence-electron chi connectivity index (χ3n) is 3.03. The van der Waals surface area contributed by atoms with Gasteiger partial charge >= 0.3 is 6.09 Å². The molecule has 0 unspecified atom stereocenters. The molecule has 0 spiro atoms. The topological polar surface area (TPSA) is 62.7 Å². The van der Waals surface area contributed by atoms with Crippen molar-refractivity contribution in [3.63, 3.8) is 0 Å². The number of fused-ring (bicyclic) bond motifs is 1. The van der Waals surface area contributed by atoms with Crippen LogP contribution in [0.15, 0.2) is 12.3 Å². The summed E-state index contributed by atoms with van der Waals surface area (Å²) in [6, 6.07) is 1.70. The van der Waals surface area contributed by atoms with Gasteiger partial charge in [0.2, 0.25) is 0 Å². The monoisotopic (exact) mass is 264 g/mol. The van der Waals surface area contributed by atoms with Crippen LogP contribution < -0.4 is 0 Å². The molecule has 5 heteroatoms. The highest BCUT2D eigenvalue weighted by Crippen LogP contribution is 2.25. The van der Waals surface area contributed by atoms with E-state index in [0.29, 0.717) is 13.0 Å². The van der Waals surface area contributed by atoms with E-state index in [4.69, 9.17) is 4.74 Å². The van der Waals surface area contributed by atoms with Crippen LogP contribution in [-0.4, -0.2) is 32.7 Å². The van der Waals surface area contributed by atoms with E-state index in [2.05, 4.69) is 4.98 Å². The first-order valence-corrected chi connectivity index (χ1v) is 6.42. The molecular weight excluding hydrogens is 244 g/mol. The summed E-state index contributed by atoms with van der Waals surface area (Å²) in [4.78, 5) is 18.0. The molecule has 1 atom stereocenters. The molecular formula is C14H20N2O3. The first kappa shape index (κ1) is 13.6. The van der Waals surface area contributed by atoms with Crippen molar-refractivity contribution in [3.05, 3.63) is 23.5 Å². The Morgan fingerprint density at radius 2 is 2.21 bits per heavy atom. The summed E-state index contributed by atoms with van der Waals surface area (Å²) in [7, 11) is 0. The molecule has 19 heavy (non-hydrogen) atoms. The summed E-state index contributed by atoms with van der Waals surface area (Å²) in [5, 5.41) is 9.47. The van der Waals surface area contributed by atoms with Crippen LogP contribution in [0.2, 0.25) is 0 Å². The molecule has 0 radical (unpaired) electrons. The zero-order valence-electron chi connectivity index (χ0n) is 11.8. The van der Waals surface area contributed by atoms with E-state index in [1.165, 1.54) is 6.20 Å². The van der Waals surface area contributed by atoms with E-state index in [1.54, 1.807) is 11.0 Å². The quantitative estimate of drug-likeness (QED) is 0.782. The number of carbonyl (C=O) groups excluding carboxylic acids is 1. The van der Waals surface area contributed by atoms with Crippen LogP contribution in [0.3, 0.4) is 0 Å². The van der Waals surface area contributed by atoms with Crippen molar-refractivity contribution in [3.8, 4) is 5.75 Å². The maximum Gasteiger partial charge on any atom is 0.410 e. The average molecular weight is 264 g/mol. The zero-order valence-corrected chi connectivity index (χ0v) is 11.8. The van der Waals surface area contributed by atoms with Crippen LogP contribution in [0, 0.1) is 0 Å². The molecule has 2 rings (SSSR count). The molecule has 0 saturated heterocycles. The molecule has 2 heterocycles. The Labute approximate surface area is 113 Å². The van der Waals surface area contributed by atoms with Gasteiger partial charge in [0.25, 0.3) is 0 Å². The Balaban J connectivity index is 2.19. The number of aromatic hydroxyl groups is 1. The summed E-state index contributed by atoms with van der Waals surface area (Å²) in [6.07, 6.45) is 1.79. The summed E-state index contributed by atoms with van der Waals surface area (Å²) < 4.78 is 5.40. The van der Waals surface area contributed by atoms with Gasteiger partial charge in [0, 0.05) is 18.2 Å². The van der Waals surface area contributed by atoms with Gasteiger partial charge in [0.1, 0.15) is 11.4 Å².